The summed E-state index contributed by atoms with van der Waals surface area (Å²) in [5.41, 5.74) is 7.28. The Morgan fingerprint density at radius 1 is 1.17 bits per heavy atom. The number of aliphatic hydroxyl groups excluding tert-OH is 1. The van der Waals surface area contributed by atoms with Gasteiger partial charge in [0.05, 0.1) is 6.10 Å². The molecule has 0 radical (unpaired) electrons. The first-order valence-corrected chi connectivity index (χ1v) is 5.54. The molecule has 2 rings (SSSR count). The molecule has 18 heavy (non-hydrogen) atoms. The molecule has 4 nitrogen and oxygen atoms in total. The Balaban J connectivity index is 0.00000144. The Hall–Kier alpha value is -0.970. The quantitative estimate of drug-likeness (QED) is 0.574. The lowest BCUT2D eigenvalue weighted by molar-refractivity contribution is 0.145. The predicted molar refractivity (Wildman–Crippen MR) is 79.4 cm³/mol. The number of nitrogen functional groups attached to an aromatic ring is 1. The monoisotopic (exact) mass is 291 g/mol. The van der Waals surface area contributed by atoms with Crippen LogP contribution in [0.4, 0.5) is 5.69 Å². The summed E-state index contributed by atoms with van der Waals surface area (Å²) in [6.45, 7) is 1.78. The molecule has 0 atom stereocenters. The van der Waals surface area contributed by atoms with Crippen LogP contribution in [-0.4, -0.2) is 30.1 Å². The van der Waals surface area contributed by atoms with Gasteiger partial charge in [-0.2, -0.15) is 0 Å². The lowest BCUT2D eigenvalue weighted by atomic mass is 10.1. The van der Waals surface area contributed by atoms with Crippen molar-refractivity contribution in [3.05, 3.63) is 29.8 Å². The Labute approximate surface area is 120 Å². The minimum Gasteiger partial charge on any atom is -0.393 e. The van der Waals surface area contributed by atoms with Crippen LogP contribution in [0.3, 0.4) is 0 Å². The van der Waals surface area contributed by atoms with Gasteiger partial charge in [0.2, 0.25) is 0 Å². The summed E-state index contributed by atoms with van der Waals surface area (Å²) in [6.07, 6.45) is 1.51. The molecule has 1 heterocycles. The van der Waals surface area contributed by atoms with Gasteiger partial charge < -0.3 is 15.7 Å². The molecule has 102 valence electrons. The second-order valence-electron chi connectivity index (χ2n) is 4.18. The summed E-state index contributed by atoms with van der Waals surface area (Å²) in [4.78, 5) is 2.25. The summed E-state index contributed by atoms with van der Waals surface area (Å²) in [5.74, 6) is 0.0978. The first kappa shape index (κ1) is 17.0. The Bertz CT molecular complexity index is 375. The number of benzene rings is 1. The predicted octanol–water partition coefficient (Wildman–Crippen LogP) is 1.78. The third kappa shape index (κ3) is 4.05. The molecule has 1 aromatic rings. The van der Waals surface area contributed by atoms with Crippen molar-refractivity contribution < 1.29 is 5.11 Å². The van der Waals surface area contributed by atoms with E-state index in [2.05, 4.69) is 4.90 Å². The largest absolute Gasteiger partial charge is 0.393 e. The van der Waals surface area contributed by atoms with Crippen molar-refractivity contribution in [2.75, 3.05) is 18.0 Å². The fourth-order valence-corrected chi connectivity index (χ4v) is 1.98. The van der Waals surface area contributed by atoms with Gasteiger partial charge in [0.15, 0.2) is 0 Å². The van der Waals surface area contributed by atoms with Crippen LogP contribution in [-0.2, 0) is 0 Å². The lowest BCUT2D eigenvalue weighted by Gasteiger charge is -2.31. The van der Waals surface area contributed by atoms with Crippen molar-refractivity contribution in [1.82, 2.24) is 0 Å². The smallest absolute Gasteiger partial charge is 0.122 e. The Morgan fingerprint density at radius 3 is 2.11 bits per heavy atom. The maximum atomic E-state index is 9.42. The molecule has 1 saturated heterocycles. The third-order valence-electron chi connectivity index (χ3n) is 3.01. The highest BCUT2D eigenvalue weighted by Crippen LogP contribution is 2.20. The van der Waals surface area contributed by atoms with Crippen molar-refractivity contribution >= 4 is 36.3 Å². The highest BCUT2D eigenvalue weighted by atomic mass is 35.5. The summed E-state index contributed by atoms with van der Waals surface area (Å²) in [5, 5.41) is 16.7. The average Bonchev–Trinajstić information content (AvgIpc) is 2.30. The number of hydrogen-bond donors (Lipinski definition) is 3. The number of rotatable bonds is 2. The number of hydrogen-bond acceptors (Lipinski definition) is 3. The summed E-state index contributed by atoms with van der Waals surface area (Å²) in [7, 11) is 0. The topological polar surface area (TPSA) is 73.3 Å². The first-order valence-electron chi connectivity index (χ1n) is 5.54. The summed E-state index contributed by atoms with van der Waals surface area (Å²) >= 11 is 0. The Morgan fingerprint density at radius 2 is 1.67 bits per heavy atom. The van der Waals surface area contributed by atoms with Crippen LogP contribution < -0.4 is 10.6 Å². The molecule has 1 aromatic carbocycles. The number of nitrogens with two attached hydrogens (primary N) is 1. The number of halogens is 2. The third-order valence-corrected chi connectivity index (χ3v) is 3.01. The maximum Gasteiger partial charge on any atom is 0.122 e. The normalized spacial score (nSPS) is 15.5. The molecule has 0 saturated carbocycles. The van der Waals surface area contributed by atoms with E-state index in [9.17, 15) is 5.11 Å². The number of piperidine rings is 1. The van der Waals surface area contributed by atoms with Crippen molar-refractivity contribution in [2.45, 2.75) is 18.9 Å². The van der Waals surface area contributed by atoms with Crippen LogP contribution in [0.25, 0.3) is 0 Å². The zero-order chi connectivity index (χ0) is 11.5. The number of nitrogens with zero attached hydrogens (tertiary/aromatic N) is 1. The zero-order valence-electron chi connectivity index (χ0n) is 10.0. The fraction of sp³-hybridized carbons (Fsp3) is 0.417. The highest BCUT2D eigenvalue weighted by molar-refractivity contribution is 5.95. The van der Waals surface area contributed by atoms with Gasteiger partial charge in [-0.25, -0.2) is 0 Å². The van der Waals surface area contributed by atoms with Crippen LogP contribution in [0, 0.1) is 5.41 Å². The number of amidine groups is 1. The van der Waals surface area contributed by atoms with E-state index < -0.39 is 0 Å². The van der Waals surface area contributed by atoms with Gasteiger partial charge in [-0.1, -0.05) is 0 Å². The number of anilines is 1. The second kappa shape index (κ2) is 7.46. The van der Waals surface area contributed by atoms with Gasteiger partial charge in [0.1, 0.15) is 5.84 Å². The lowest BCUT2D eigenvalue weighted by Crippen LogP contribution is -2.35. The van der Waals surface area contributed by atoms with E-state index in [-0.39, 0.29) is 36.8 Å². The van der Waals surface area contributed by atoms with Crippen LogP contribution in [0.5, 0.6) is 0 Å². The van der Waals surface area contributed by atoms with E-state index in [1.807, 2.05) is 24.3 Å². The standard InChI is InChI=1S/C12H17N3O.2ClH/c13-12(14)9-1-3-10(4-2-9)15-7-5-11(16)6-8-15;;/h1-4,11,16H,5-8H2,(H3,13,14);2*1H. The van der Waals surface area contributed by atoms with E-state index in [0.29, 0.717) is 0 Å². The van der Waals surface area contributed by atoms with E-state index in [0.717, 1.165) is 37.2 Å². The molecule has 0 amide bonds. The maximum absolute atomic E-state index is 9.42. The summed E-state index contributed by atoms with van der Waals surface area (Å²) in [6, 6.07) is 7.69. The van der Waals surface area contributed by atoms with E-state index >= 15 is 0 Å². The molecule has 0 aromatic heterocycles. The van der Waals surface area contributed by atoms with E-state index in [1.54, 1.807) is 0 Å². The molecule has 0 bridgehead atoms. The number of aliphatic hydroxyl groups is 1. The van der Waals surface area contributed by atoms with Crippen molar-refractivity contribution in [3.63, 3.8) is 0 Å². The van der Waals surface area contributed by atoms with Gasteiger partial charge in [0.25, 0.3) is 0 Å². The van der Waals surface area contributed by atoms with Gasteiger partial charge in [0, 0.05) is 24.3 Å². The first-order chi connectivity index (χ1) is 7.66. The van der Waals surface area contributed by atoms with E-state index in [1.165, 1.54) is 0 Å². The van der Waals surface area contributed by atoms with Gasteiger partial charge in [-0.05, 0) is 37.1 Å². The zero-order valence-corrected chi connectivity index (χ0v) is 11.6. The second-order valence-corrected chi connectivity index (χ2v) is 4.18. The number of nitrogens with one attached hydrogen (secondary N) is 1. The molecule has 1 aliphatic rings. The fourth-order valence-electron chi connectivity index (χ4n) is 1.98. The van der Waals surface area contributed by atoms with Crippen LogP contribution in [0.15, 0.2) is 24.3 Å². The van der Waals surface area contributed by atoms with Gasteiger partial charge >= 0.3 is 0 Å². The van der Waals surface area contributed by atoms with Gasteiger partial charge in [-0.15, -0.1) is 24.8 Å². The van der Waals surface area contributed by atoms with Crippen molar-refractivity contribution in [1.29, 1.82) is 5.41 Å². The summed E-state index contributed by atoms with van der Waals surface area (Å²) < 4.78 is 0. The highest BCUT2D eigenvalue weighted by Gasteiger charge is 2.16. The van der Waals surface area contributed by atoms with Crippen LogP contribution >= 0.6 is 24.8 Å². The van der Waals surface area contributed by atoms with Crippen LogP contribution in [0.1, 0.15) is 18.4 Å². The molecule has 0 aliphatic carbocycles. The molecule has 4 N–H and O–H groups in total. The van der Waals surface area contributed by atoms with E-state index in [4.69, 9.17) is 11.1 Å². The molecule has 6 heteroatoms. The van der Waals surface area contributed by atoms with Crippen molar-refractivity contribution in [2.24, 2.45) is 5.73 Å². The van der Waals surface area contributed by atoms with Crippen LogP contribution in [0.2, 0.25) is 0 Å². The molecule has 1 fully saturated rings. The SMILES string of the molecule is Cl.Cl.N=C(N)c1ccc(N2CCC(O)CC2)cc1. The minimum absolute atomic E-state index is 0. The minimum atomic E-state index is -0.146. The van der Waals surface area contributed by atoms with Crippen molar-refractivity contribution in [3.8, 4) is 0 Å². The molecular formula is C12H19Cl2N3O. The molecular weight excluding hydrogens is 273 g/mol. The van der Waals surface area contributed by atoms with Gasteiger partial charge in [-0.3, -0.25) is 5.41 Å². The average molecular weight is 292 g/mol. The molecule has 1 aliphatic heterocycles. The Kier molecular flexibility index (Phi) is 7.06. The molecule has 0 spiro atoms. The molecule has 0 unspecified atom stereocenters.